The van der Waals surface area contributed by atoms with Gasteiger partial charge in [-0.15, -0.1) is 0 Å². The van der Waals surface area contributed by atoms with Crippen molar-refractivity contribution in [2.45, 2.75) is 44.9 Å². The first-order chi connectivity index (χ1) is 7.57. The number of hydrogen-bond donors (Lipinski definition) is 1. The Morgan fingerprint density at radius 3 is 3.00 bits per heavy atom. The first kappa shape index (κ1) is 11.6. The van der Waals surface area contributed by atoms with Crippen LogP contribution in [0.3, 0.4) is 0 Å². The Hall–Kier alpha value is -0.930. The summed E-state index contributed by atoms with van der Waals surface area (Å²) in [5, 5.41) is 10.1. The summed E-state index contributed by atoms with van der Waals surface area (Å²) in [6.45, 7) is 5.77. The van der Waals surface area contributed by atoms with Gasteiger partial charge in [0.15, 0.2) is 0 Å². The second-order valence-corrected chi connectivity index (χ2v) is 5.14. The van der Waals surface area contributed by atoms with Gasteiger partial charge in [-0.1, -0.05) is 6.07 Å². The van der Waals surface area contributed by atoms with E-state index in [-0.39, 0.29) is 6.04 Å². The molecular formula is C13H20N2O. The molecule has 1 fully saturated rings. The van der Waals surface area contributed by atoms with Gasteiger partial charge in [-0.25, -0.2) is 0 Å². The van der Waals surface area contributed by atoms with Crippen molar-refractivity contribution in [3.8, 4) is 0 Å². The van der Waals surface area contributed by atoms with Gasteiger partial charge in [0.1, 0.15) is 0 Å². The average molecular weight is 220 g/mol. The molecule has 16 heavy (non-hydrogen) atoms. The minimum atomic E-state index is -0.612. The van der Waals surface area contributed by atoms with Crippen LogP contribution in [0.5, 0.6) is 0 Å². The van der Waals surface area contributed by atoms with Crippen LogP contribution in [-0.4, -0.2) is 33.2 Å². The number of aromatic nitrogens is 1. The first-order valence-corrected chi connectivity index (χ1v) is 5.93. The fourth-order valence-corrected chi connectivity index (χ4v) is 2.54. The van der Waals surface area contributed by atoms with Crippen molar-refractivity contribution in [1.29, 1.82) is 0 Å². The van der Waals surface area contributed by atoms with Crippen LogP contribution < -0.4 is 0 Å². The SMILES string of the molecule is CC(C)(O)C1CCCN1Cc1cccnc1. The molecule has 0 spiro atoms. The van der Waals surface area contributed by atoms with Crippen molar-refractivity contribution >= 4 is 0 Å². The van der Waals surface area contributed by atoms with Crippen LogP contribution in [0.15, 0.2) is 24.5 Å². The highest BCUT2D eigenvalue weighted by Gasteiger charge is 2.35. The largest absolute Gasteiger partial charge is 0.389 e. The normalized spacial score (nSPS) is 22.6. The van der Waals surface area contributed by atoms with Crippen molar-refractivity contribution in [1.82, 2.24) is 9.88 Å². The number of pyridine rings is 1. The highest BCUT2D eigenvalue weighted by molar-refractivity contribution is 5.09. The third kappa shape index (κ3) is 2.60. The highest BCUT2D eigenvalue weighted by atomic mass is 16.3. The first-order valence-electron chi connectivity index (χ1n) is 5.93. The number of rotatable bonds is 3. The number of nitrogens with zero attached hydrogens (tertiary/aromatic N) is 2. The molecule has 0 saturated carbocycles. The molecule has 88 valence electrons. The van der Waals surface area contributed by atoms with Gasteiger partial charge in [0, 0.05) is 25.0 Å². The van der Waals surface area contributed by atoms with Crippen molar-refractivity contribution in [3.63, 3.8) is 0 Å². The number of likely N-dealkylation sites (tertiary alicyclic amines) is 1. The number of hydrogen-bond acceptors (Lipinski definition) is 3. The van der Waals surface area contributed by atoms with E-state index in [1.807, 2.05) is 26.1 Å². The van der Waals surface area contributed by atoms with E-state index in [1.54, 1.807) is 6.20 Å². The lowest BCUT2D eigenvalue weighted by molar-refractivity contribution is -0.00504. The van der Waals surface area contributed by atoms with Gasteiger partial charge in [0.25, 0.3) is 0 Å². The molecule has 0 amide bonds. The topological polar surface area (TPSA) is 36.4 Å². The number of aliphatic hydroxyl groups is 1. The molecule has 1 atom stereocenters. The van der Waals surface area contributed by atoms with E-state index < -0.39 is 5.60 Å². The van der Waals surface area contributed by atoms with Gasteiger partial charge in [-0.2, -0.15) is 0 Å². The zero-order chi connectivity index (χ0) is 11.6. The lowest BCUT2D eigenvalue weighted by Crippen LogP contribution is -2.45. The van der Waals surface area contributed by atoms with Crippen LogP contribution in [-0.2, 0) is 6.54 Å². The fraction of sp³-hybridized carbons (Fsp3) is 0.615. The molecule has 1 saturated heterocycles. The van der Waals surface area contributed by atoms with E-state index in [1.165, 1.54) is 12.0 Å². The molecule has 3 nitrogen and oxygen atoms in total. The minimum absolute atomic E-state index is 0.271. The maximum absolute atomic E-state index is 10.1. The molecule has 1 aromatic rings. The van der Waals surface area contributed by atoms with Crippen molar-refractivity contribution in [2.75, 3.05) is 6.54 Å². The molecule has 0 aromatic carbocycles. The van der Waals surface area contributed by atoms with Gasteiger partial charge in [0.2, 0.25) is 0 Å². The summed E-state index contributed by atoms with van der Waals surface area (Å²) in [5.41, 5.74) is 0.609. The minimum Gasteiger partial charge on any atom is -0.389 e. The molecule has 0 bridgehead atoms. The van der Waals surface area contributed by atoms with Gasteiger partial charge in [-0.05, 0) is 44.9 Å². The molecule has 1 aliphatic rings. The van der Waals surface area contributed by atoms with E-state index >= 15 is 0 Å². The zero-order valence-electron chi connectivity index (χ0n) is 10.1. The lowest BCUT2D eigenvalue weighted by atomic mass is 9.96. The third-order valence-corrected chi connectivity index (χ3v) is 3.29. The Labute approximate surface area is 97.1 Å². The molecule has 0 radical (unpaired) electrons. The molecule has 1 N–H and O–H groups in total. The predicted octanol–water partition coefficient (Wildman–Crippen LogP) is 1.82. The second kappa shape index (κ2) is 4.52. The molecular weight excluding hydrogens is 200 g/mol. The van der Waals surface area contributed by atoms with E-state index in [2.05, 4.69) is 16.0 Å². The molecule has 2 heterocycles. The van der Waals surface area contributed by atoms with Gasteiger partial charge in [-0.3, -0.25) is 9.88 Å². The Morgan fingerprint density at radius 2 is 2.38 bits per heavy atom. The Morgan fingerprint density at radius 1 is 1.56 bits per heavy atom. The fourth-order valence-electron chi connectivity index (χ4n) is 2.54. The molecule has 1 aliphatic heterocycles. The molecule has 2 rings (SSSR count). The Kier molecular flexibility index (Phi) is 3.26. The van der Waals surface area contributed by atoms with Crippen molar-refractivity contribution < 1.29 is 5.11 Å². The average Bonchev–Trinajstić information content (AvgIpc) is 2.67. The quantitative estimate of drug-likeness (QED) is 0.844. The Balaban J connectivity index is 2.05. The molecule has 1 aromatic heterocycles. The van der Waals surface area contributed by atoms with Crippen LogP contribution in [0.4, 0.5) is 0 Å². The van der Waals surface area contributed by atoms with E-state index in [0.29, 0.717) is 0 Å². The predicted molar refractivity (Wildman–Crippen MR) is 64.0 cm³/mol. The summed E-state index contributed by atoms with van der Waals surface area (Å²) in [5.74, 6) is 0. The second-order valence-electron chi connectivity index (χ2n) is 5.14. The highest BCUT2D eigenvalue weighted by Crippen LogP contribution is 2.27. The van der Waals surface area contributed by atoms with E-state index in [4.69, 9.17) is 0 Å². The Bertz CT molecular complexity index is 332. The smallest absolute Gasteiger partial charge is 0.0746 e. The summed E-state index contributed by atoms with van der Waals surface area (Å²) in [7, 11) is 0. The van der Waals surface area contributed by atoms with Crippen LogP contribution in [0.1, 0.15) is 32.3 Å². The van der Waals surface area contributed by atoms with E-state index in [9.17, 15) is 5.11 Å². The summed E-state index contributed by atoms with van der Waals surface area (Å²) in [6, 6.07) is 4.32. The van der Waals surface area contributed by atoms with Crippen LogP contribution >= 0.6 is 0 Å². The summed E-state index contributed by atoms with van der Waals surface area (Å²) in [4.78, 5) is 6.48. The van der Waals surface area contributed by atoms with Crippen LogP contribution in [0.25, 0.3) is 0 Å². The summed E-state index contributed by atoms with van der Waals surface area (Å²) in [6.07, 6.45) is 5.96. The monoisotopic (exact) mass is 220 g/mol. The zero-order valence-corrected chi connectivity index (χ0v) is 10.1. The molecule has 0 aliphatic carbocycles. The van der Waals surface area contributed by atoms with Gasteiger partial charge < -0.3 is 5.11 Å². The van der Waals surface area contributed by atoms with Gasteiger partial charge in [0.05, 0.1) is 5.60 Å². The standard InChI is InChI=1S/C13H20N2O/c1-13(2,16)12-6-4-8-15(12)10-11-5-3-7-14-9-11/h3,5,7,9,12,16H,4,6,8,10H2,1-2H3. The maximum Gasteiger partial charge on any atom is 0.0746 e. The summed E-state index contributed by atoms with van der Waals surface area (Å²) >= 11 is 0. The van der Waals surface area contributed by atoms with Crippen LogP contribution in [0.2, 0.25) is 0 Å². The van der Waals surface area contributed by atoms with Crippen molar-refractivity contribution in [3.05, 3.63) is 30.1 Å². The molecule has 3 heteroatoms. The third-order valence-electron chi connectivity index (χ3n) is 3.29. The van der Waals surface area contributed by atoms with Crippen LogP contribution in [0, 0.1) is 0 Å². The molecule has 1 unspecified atom stereocenters. The lowest BCUT2D eigenvalue weighted by Gasteiger charge is -2.33. The van der Waals surface area contributed by atoms with Gasteiger partial charge >= 0.3 is 0 Å². The van der Waals surface area contributed by atoms with E-state index in [0.717, 1.165) is 19.5 Å². The maximum atomic E-state index is 10.1. The summed E-state index contributed by atoms with van der Waals surface area (Å²) < 4.78 is 0. The van der Waals surface area contributed by atoms with Crippen molar-refractivity contribution in [2.24, 2.45) is 0 Å².